The summed E-state index contributed by atoms with van der Waals surface area (Å²) in [5, 5.41) is 1.91. The van der Waals surface area contributed by atoms with Crippen molar-refractivity contribution in [3.8, 4) is 0 Å². The molecule has 0 spiro atoms. The third-order valence-electron chi connectivity index (χ3n) is 3.13. The van der Waals surface area contributed by atoms with Gasteiger partial charge in [-0.2, -0.15) is 0 Å². The Morgan fingerprint density at radius 2 is 1.70 bits per heavy atom. The molecule has 0 bridgehead atoms. The molecule has 0 heterocycles. The van der Waals surface area contributed by atoms with E-state index in [-0.39, 0.29) is 5.56 Å². The van der Waals surface area contributed by atoms with Gasteiger partial charge >= 0.3 is 0 Å². The van der Waals surface area contributed by atoms with E-state index in [9.17, 15) is 21.6 Å². The molecule has 0 fully saturated rings. The molecule has 1 rings (SSSR count). The monoisotopic (exact) mass is 309 g/mol. The zero-order valence-corrected chi connectivity index (χ0v) is 12.4. The van der Waals surface area contributed by atoms with Crippen molar-refractivity contribution in [2.75, 3.05) is 12.8 Å². The van der Waals surface area contributed by atoms with Gasteiger partial charge in [0.25, 0.3) is 0 Å². The number of hydrogen-bond donors (Lipinski definition) is 1. The van der Waals surface area contributed by atoms with Gasteiger partial charge in [-0.15, -0.1) is 0 Å². The lowest BCUT2D eigenvalue weighted by Gasteiger charge is -2.25. The maximum Gasteiger partial charge on any atom is 0.161 e. The van der Waals surface area contributed by atoms with Gasteiger partial charge in [0, 0.05) is 17.9 Å². The highest BCUT2D eigenvalue weighted by molar-refractivity contribution is 7.91. The summed E-state index contributed by atoms with van der Waals surface area (Å²) >= 11 is 0. The molecule has 0 aliphatic heterocycles. The lowest BCUT2D eigenvalue weighted by molar-refractivity contribution is 0.455. The molecule has 0 aliphatic rings. The number of halogens is 3. The smallest absolute Gasteiger partial charge is 0.161 e. The van der Waals surface area contributed by atoms with Crippen molar-refractivity contribution < 1.29 is 21.6 Å². The predicted octanol–water partition coefficient (Wildman–Crippen LogP) is 2.58. The van der Waals surface area contributed by atoms with Gasteiger partial charge < -0.3 is 5.32 Å². The molecule has 0 aromatic heterocycles. The Kier molecular flexibility index (Phi) is 5.59. The summed E-state index contributed by atoms with van der Waals surface area (Å²) in [6.07, 6.45) is 1.72. The van der Waals surface area contributed by atoms with Gasteiger partial charge in [0.1, 0.15) is 5.82 Å². The van der Waals surface area contributed by atoms with Crippen LogP contribution in [0.1, 0.15) is 31.9 Å². The fourth-order valence-electron chi connectivity index (χ4n) is 1.85. The van der Waals surface area contributed by atoms with Crippen LogP contribution >= 0.6 is 0 Å². The first kappa shape index (κ1) is 17.0. The molecular weight excluding hydrogens is 291 g/mol. The molecule has 3 nitrogen and oxygen atoms in total. The van der Waals surface area contributed by atoms with Crippen molar-refractivity contribution in [3.05, 3.63) is 35.1 Å². The Morgan fingerprint density at radius 1 is 1.15 bits per heavy atom. The fourth-order valence-corrected chi connectivity index (χ4v) is 2.59. The summed E-state index contributed by atoms with van der Waals surface area (Å²) in [6.45, 7) is 3.70. The lowest BCUT2D eigenvalue weighted by atomic mass is 10.0. The number of benzene rings is 1. The first-order valence-corrected chi connectivity index (χ1v) is 8.20. The third kappa shape index (κ3) is 3.96. The molecule has 1 aromatic rings. The second-order valence-electron chi connectivity index (χ2n) is 4.75. The SMILES string of the molecule is CCCNC(c1cc(F)c(F)cc1F)C(C)S(C)(=O)=O. The number of hydrogen-bond acceptors (Lipinski definition) is 3. The molecule has 0 amide bonds. The van der Waals surface area contributed by atoms with E-state index in [1.165, 1.54) is 6.92 Å². The van der Waals surface area contributed by atoms with Crippen molar-refractivity contribution in [1.29, 1.82) is 0 Å². The van der Waals surface area contributed by atoms with Crippen LogP contribution in [0.2, 0.25) is 0 Å². The molecule has 1 N–H and O–H groups in total. The maximum absolute atomic E-state index is 13.8. The van der Waals surface area contributed by atoms with Crippen LogP contribution < -0.4 is 5.32 Å². The highest BCUT2D eigenvalue weighted by Gasteiger charge is 2.29. The summed E-state index contributed by atoms with van der Waals surface area (Å²) in [5.74, 6) is -3.47. The Morgan fingerprint density at radius 3 is 2.20 bits per heavy atom. The predicted molar refractivity (Wildman–Crippen MR) is 71.7 cm³/mol. The summed E-state index contributed by atoms with van der Waals surface area (Å²) in [6, 6.07) is 0.208. The van der Waals surface area contributed by atoms with E-state index < -0.39 is 38.6 Å². The summed E-state index contributed by atoms with van der Waals surface area (Å²) < 4.78 is 63.3. The minimum absolute atomic E-state index is 0.185. The average molecular weight is 309 g/mol. The molecule has 0 saturated carbocycles. The largest absolute Gasteiger partial charge is 0.309 e. The second-order valence-corrected chi connectivity index (χ2v) is 7.16. The van der Waals surface area contributed by atoms with Gasteiger partial charge in [0.05, 0.1) is 11.3 Å². The van der Waals surface area contributed by atoms with E-state index in [2.05, 4.69) is 5.32 Å². The van der Waals surface area contributed by atoms with Crippen LogP contribution in [0.4, 0.5) is 13.2 Å². The van der Waals surface area contributed by atoms with Crippen LogP contribution in [0, 0.1) is 17.5 Å². The zero-order valence-electron chi connectivity index (χ0n) is 11.6. The van der Waals surface area contributed by atoms with Gasteiger partial charge in [0.15, 0.2) is 21.5 Å². The van der Waals surface area contributed by atoms with E-state index in [0.717, 1.165) is 6.26 Å². The van der Waals surface area contributed by atoms with Crippen molar-refractivity contribution in [2.24, 2.45) is 0 Å². The molecule has 0 radical (unpaired) electrons. The Bertz CT molecular complexity index is 575. The van der Waals surface area contributed by atoms with Crippen LogP contribution in [-0.4, -0.2) is 26.5 Å². The maximum atomic E-state index is 13.8. The molecule has 0 saturated heterocycles. The van der Waals surface area contributed by atoms with Crippen LogP contribution in [0.25, 0.3) is 0 Å². The quantitative estimate of drug-likeness (QED) is 0.822. The molecule has 114 valence electrons. The topological polar surface area (TPSA) is 46.2 Å². The van der Waals surface area contributed by atoms with E-state index in [1.54, 1.807) is 0 Å². The van der Waals surface area contributed by atoms with E-state index >= 15 is 0 Å². The van der Waals surface area contributed by atoms with Gasteiger partial charge in [-0.05, 0) is 26.0 Å². The average Bonchev–Trinajstić information content (AvgIpc) is 2.34. The van der Waals surface area contributed by atoms with Gasteiger partial charge in [-0.3, -0.25) is 0 Å². The van der Waals surface area contributed by atoms with Gasteiger partial charge in [-0.1, -0.05) is 6.92 Å². The van der Waals surface area contributed by atoms with Crippen LogP contribution in [0.5, 0.6) is 0 Å². The normalized spacial score (nSPS) is 15.1. The van der Waals surface area contributed by atoms with Crippen LogP contribution in [0.3, 0.4) is 0 Å². The van der Waals surface area contributed by atoms with Gasteiger partial charge in [-0.25, -0.2) is 21.6 Å². The standard InChI is InChI=1S/C13H18F3NO2S/c1-4-5-17-13(8(2)20(3,18)19)9-6-11(15)12(16)7-10(9)14/h6-8,13,17H,4-5H2,1-3H3. The molecule has 1 aromatic carbocycles. The number of nitrogens with one attached hydrogen (secondary N) is 1. The molecular formula is C13H18F3NO2S. The first-order chi connectivity index (χ1) is 9.18. The first-order valence-electron chi connectivity index (χ1n) is 6.25. The molecule has 20 heavy (non-hydrogen) atoms. The fraction of sp³-hybridized carbons (Fsp3) is 0.538. The highest BCUT2D eigenvalue weighted by Crippen LogP contribution is 2.26. The minimum atomic E-state index is -3.47. The van der Waals surface area contributed by atoms with Gasteiger partial charge in [0.2, 0.25) is 0 Å². The zero-order chi connectivity index (χ0) is 15.5. The Hall–Kier alpha value is -1.08. The molecule has 0 aliphatic carbocycles. The summed E-state index contributed by atoms with van der Waals surface area (Å²) in [7, 11) is -3.47. The lowest BCUT2D eigenvalue weighted by Crippen LogP contribution is -2.36. The summed E-state index contributed by atoms with van der Waals surface area (Å²) in [5.41, 5.74) is -0.185. The van der Waals surface area contributed by atoms with Crippen molar-refractivity contribution in [3.63, 3.8) is 0 Å². The Labute approximate surface area is 117 Å². The van der Waals surface area contributed by atoms with E-state index in [1.807, 2.05) is 6.92 Å². The van der Waals surface area contributed by atoms with Crippen molar-refractivity contribution in [1.82, 2.24) is 5.32 Å². The van der Waals surface area contributed by atoms with E-state index in [4.69, 9.17) is 0 Å². The molecule has 2 atom stereocenters. The molecule has 2 unspecified atom stereocenters. The third-order valence-corrected chi connectivity index (χ3v) is 4.76. The van der Waals surface area contributed by atoms with E-state index in [0.29, 0.717) is 25.1 Å². The van der Waals surface area contributed by atoms with Crippen molar-refractivity contribution >= 4 is 9.84 Å². The number of rotatable bonds is 6. The number of sulfone groups is 1. The minimum Gasteiger partial charge on any atom is -0.309 e. The van der Waals surface area contributed by atoms with Crippen LogP contribution in [0.15, 0.2) is 12.1 Å². The summed E-state index contributed by atoms with van der Waals surface area (Å²) in [4.78, 5) is 0. The highest BCUT2D eigenvalue weighted by atomic mass is 32.2. The Balaban J connectivity index is 3.27. The molecule has 7 heteroatoms. The van der Waals surface area contributed by atoms with Crippen LogP contribution in [-0.2, 0) is 9.84 Å². The second kappa shape index (κ2) is 6.58. The van der Waals surface area contributed by atoms with Crippen molar-refractivity contribution in [2.45, 2.75) is 31.6 Å².